The number of hydrogen-bond acceptors (Lipinski definition) is 8. The van der Waals surface area contributed by atoms with Gasteiger partial charge in [0.15, 0.2) is 11.4 Å². The molecule has 1 aliphatic rings. The van der Waals surface area contributed by atoms with Crippen LogP contribution in [-0.4, -0.2) is 41.9 Å². The Kier molecular flexibility index (Phi) is 8.11. The van der Waals surface area contributed by atoms with Crippen LogP contribution in [0, 0.1) is 0 Å². The third-order valence-electron chi connectivity index (χ3n) is 6.32. The summed E-state index contributed by atoms with van der Waals surface area (Å²) in [6.07, 6.45) is 1.69. The second kappa shape index (κ2) is 12.1. The topological polar surface area (TPSA) is 116 Å². The Morgan fingerprint density at radius 3 is 2.46 bits per heavy atom. The standard InChI is InChI=1S/C31H26N2O7S/c1-3-39-30(37)26-27(20-9-5-4-6-10-20)32-31-33(28(26)21-12-14-22(38-2)15-13-21)29(36)24(41-31)17-19-8-7-11-23(16-19)40-18-25(34)35/h4-17,28H,3,18H2,1-2H3,(H,34,35)/b24-17-/t28-/m0/s1. The van der Waals surface area contributed by atoms with Crippen LogP contribution in [0.15, 0.2) is 94.2 Å². The van der Waals surface area contributed by atoms with Crippen LogP contribution in [0.5, 0.6) is 11.5 Å². The zero-order valence-electron chi connectivity index (χ0n) is 22.3. The van der Waals surface area contributed by atoms with Crippen LogP contribution in [0.25, 0.3) is 11.8 Å². The highest BCUT2D eigenvalue weighted by Gasteiger charge is 2.35. The lowest BCUT2D eigenvalue weighted by molar-refractivity contribution is -0.140. The van der Waals surface area contributed by atoms with Gasteiger partial charge in [-0.15, -0.1) is 0 Å². The molecule has 0 aliphatic carbocycles. The van der Waals surface area contributed by atoms with Crippen molar-refractivity contribution in [2.24, 2.45) is 4.99 Å². The largest absolute Gasteiger partial charge is 0.497 e. The maximum atomic E-state index is 14.0. The van der Waals surface area contributed by atoms with Gasteiger partial charge in [-0.2, -0.15) is 0 Å². The van der Waals surface area contributed by atoms with Crippen molar-refractivity contribution in [2.45, 2.75) is 13.0 Å². The second-order valence-corrected chi connectivity index (χ2v) is 9.97. The van der Waals surface area contributed by atoms with E-state index < -0.39 is 24.6 Å². The molecular formula is C31H26N2O7S. The number of esters is 1. The first-order valence-corrected chi connectivity index (χ1v) is 13.6. The number of fused-ring (bicyclic) bond motifs is 1. The predicted molar refractivity (Wildman–Crippen MR) is 154 cm³/mol. The van der Waals surface area contributed by atoms with Gasteiger partial charge >= 0.3 is 11.9 Å². The van der Waals surface area contributed by atoms with Crippen LogP contribution in [0.3, 0.4) is 0 Å². The summed E-state index contributed by atoms with van der Waals surface area (Å²) < 4.78 is 18.0. The molecule has 4 aromatic rings. The van der Waals surface area contributed by atoms with E-state index in [1.54, 1.807) is 56.5 Å². The number of carbonyl (C=O) groups is 2. The number of methoxy groups -OCH3 is 1. The number of aromatic nitrogens is 1. The lowest BCUT2D eigenvalue weighted by Gasteiger charge is -2.26. The molecule has 3 aromatic carbocycles. The number of hydrogen-bond donors (Lipinski definition) is 1. The molecule has 1 aromatic heterocycles. The molecule has 0 saturated heterocycles. The van der Waals surface area contributed by atoms with E-state index in [1.807, 2.05) is 42.5 Å². The van der Waals surface area contributed by atoms with Crippen LogP contribution in [0.2, 0.25) is 0 Å². The van der Waals surface area contributed by atoms with Gasteiger partial charge in [-0.05, 0) is 48.4 Å². The highest BCUT2D eigenvalue weighted by Crippen LogP contribution is 2.35. The van der Waals surface area contributed by atoms with Crippen molar-refractivity contribution < 1.29 is 28.9 Å². The maximum absolute atomic E-state index is 14.0. The fraction of sp³-hybridized carbons (Fsp3) is 0.161. The van der Waals surface area contributed by atoms with Gasteiger partial charge in [0.05, 0.1) is 35.6 Å². The minimum absolute atomic E-state index is 0.157. The zero-order chi connectivity index (χ0) is 28.9. The van der Waals surface area contributed by atoms with Crippen molar-refractivity contribution >= 4 is 35.0 Å². The first-order chi connectivity index (χ1) is 19.9. The van der Waals surface area contributed by atoms with Crippen molar-refractivity contribution in [3.8, 4) is 11.5 Å². The Bertz CT molecular complexity index is 1810. The minimum Gasteiger partial charge on any atom is -0.497 e. The minimum atomic E-state index is -1.09. The molecule has 0 unspecified atom stereocenters. The van der Waals surface area contributed by atoms with Gasteiger partial charge in [-0.25, -0.2) is 14.6 Å². The van der Waals surface area contributed by atoms with E-state index in [0.29, 0.717) is 37.7 Å². The van der Waals surface area contributed by atoms with Gasteiger partial charge in [0.2, 0.25) is 0 Å². The van der Waals surface area contributed by atoms with Gasteiger partial charge in [-0.1, -0.05) is 65.9 Å². The van der Waals surface area contributed by atoms with Gasteiger partial charge < -0.3 is 19.3 Å². The molecule has 1 aliphatic heterocycles. The van der Waals surface area contributed by atoms with Gasteiger partial charge in [0.25, 0.3) is 5.56 Å². The number of rotatable bonds is 9. The molecule has 0 amide bonds. The van der Waals surface area contributed by atoms with E-state index in [1.165, 1.54) is 15.9 Å². The predicted octanol–water partition coefficient (Wildman–Crippen LogP) is 3.41. The van der Waals surface area contributed by atoms with Crippen molar-refractivity contribution in [1.82, 2.24) is 4.57 Å². The van der Waals surface area contributed by atoms with Crippen LogP contribution in [0.4, 0.5) is 0 Å². The summed E-state index contributed by atoms with van der Waals surface area (Å²) in [5.41, 5.74) is 2.41. The van der Waals surface area contributed by atoms with E-state index in [4.69, 9.17) is 24.3 Å². The Balaban J connectivity index is 1.74. The SMILES string of the molecule is CCOC(=O)C1=C(c2ccccc2)N=c2s/c(=C\c3cccc(OCC(=O)O)c3)c(=O)n2[C@H]1c1ccc(OC)cc1. The Morgan fingerprint density at radius 2 is 1.78 bits per heavy atom. The fourth-order valence-corrected chi connectivity index (χ4v) is 5.53. The number of nitrogens with zero attached hydrogens (tertiary/aromatic N) is 2. The molecule has 208 valence electrons. The summed E-state index contributed by atoms with van der Waals surface area (Å²) in [4.78, 5) is 43.6. The molecular weight excluding hydrogens is 544 g/mol. The fourth-order valence-electron chi connectivity index (χ4n) is 4.53. The Hall–Kier alpha value is -4.96. The summed E-state index contributed by atoms with van der Waals surface area (Å²) in [6.45, 7) is 1.41. The third-order valence-corrected chi connectivity index (χ3v) is 7.31. The summed E-state index contributed by atoms with van der Waals surface area (Å²) in [7, 11) is 1.57. The normalized spacial score (nSPS) is 14.7. The van der Waals surface area contributed by atoms with Crippen LogP contribution < -0.4 is 24.4 Å². The van der Waals surface area contributed by atoms with E-state index in [2.05, 4.69) is 0 Å². The molecule has 2 heterocycles. The molecule has 9 nitrogen and oxygen atoms in total. The van der Waals surface area contributed by atoms with E-state index >= 15 is 0 Å². The lowest BCUT2D eigenvalue weighted by atomic mass is 9.93. The van der Waals surface area contributed by atoms with Crippen molar-refractivity contribution in [3.63, 3.8) is 0 Å². The number of benzene rings is 3. The molecule has 10 heteroatoms. The number of thiazole rings is 1. The first kappa shape index (κ1) is 27.6. The van der Waals surface area contributed by atoms with E-state index in [0.717, 1.165) is 5.56 Å². The Morgan fingerprint density at radius 1 is 1.02 bits per heavy atom. The molecule has 1 N–H and O–H groups in total. The molecule has 41 heavy (non-hydrogen) atoms. The number of ether oxygens (including phenoxy) is 3. The third kappa shape index (κ3) is 5.82. The number of carboxylic acids is 1. The molecule has 5 rings (SSSR count). The van der Waals surface area contributed by atoms with Gasteiger partial charge in [0, 0.05) is 5.56 Å². The Labute approximate surface area is 238 Å². The molecule has 0 fully saturated rings. The van der Waals surface area contributed by atoms with E-state index in [9.17, 15) is 14.4 Å². The second-order valence-electron chi connectivity index (χ2n) is 8.96. The van der Waals surface area contributed by atoms with Gasteiger partial charge in [-0.3, -0.25) is 9.36 Å². The highest BCUT2D eigenvalue weighted by molar-refractivity contribution is 7.07. The number of carbonyl (C=O) groups excluding carboxylic acids is 1. The van der Waals surface area contributed by atoms with Crippen LogP contribution in [0.1, 0.15) is 29.7 Å². The smallest absolute Gasteiger partial charge is 0.341 e. The zero-order valence-corrected chi connectivity index (χ0v) is 23.1. The summed E-state index contributed by atoms with van der Waals surface area (Å²) in [5, 5.41) is 8.93. The van der Waals surface area contributed by atoms with Crippen LogP contribution in [-0.2, 0) is 14.3 Å². The number of carboxylic acid groups (broad SMARTS) is 1. The monoisotopic (exact) mass is 570 g/mol. The van der Waals surface area contributed by atoms with Crippen molar-refractivity contribution in [2.75, 3.05) is 20.3 Å². The molecule has 0 saturated carbocycles. The highest BCUT2D eigenvalue weighted by atomic mass is 32.1. The maximum Gasteiger partial charge on any atom is 0.341 e. The summed E-state index contributed by atoms with van der Waals surface area (Å²) in [5.74, 6) is -0.653. The molecule has 1 atom stereocenters. The summed E-state index contributed by atoms with van der Waals surface area (Å²) in [6, 6.07) is 22.5. The average Bonchev–Trinajstić information content (AvgIpc) is 3.30. The van der Waals surface area contributed by atoms with Gasteiger partial charge in [0.1, 0.15) is 11.5 Å². The lowest BCUT2D eigenvalue weighted by Crippen LogP contribution is -2.40. The quantitative estimate of drug-likeness (QED) is 0.307. The van der Waals surface area contributed by atoms with Crippen molar-refractivity contribution in [3.05, 3.63) is 121 Å². The molecule has 0 radical (unpaired) electrons. The van der Waals surface area contributed by atoms with Crippen molar-refractivity contribution in [1.29, 1.82) is 0 Å². The average molecular weight is 571 g/mol. The number of aliphatic carboxylic acids is 1. The van der Waals surface area contributed by atoms with Crippen LogP contribution >= 0.6 is 11.3 Å². The van der Waals surface area contributed by atoms with E-state index in [-0.39, 0.29) is 17.7 Å². The molecule has 0 spiro atoms. The first-order valence-electron chi connectivity index (χ1n) is 12.8. The molecule has 0 bridgehead atoms. The summed E-state index contributed by atoms with van der Waals surface area (Å²) >= 11 is 1.19.